The number of fused-ring (bicyclic) bond motifs is 1. The number of thiazole rings is 1. The third kappa shape index (κ3) is 3.36. The lowest BCUT2D eigenvalue weighted by atomic mass is 9.95. The van der Waals surface area contributed by atoms with Crippen LogP contribution in [0.1, 0.15) is 17.2 Å². The minimum absolute atomic E-state index is 0.0473. The van der Waals surface area contributed by atoms with Crippen molar-refractivity contribution in [1.82, 2.24) is 4.98 Å². The Bertz CT molecular complexity index is 1400. The van der Waals surface area contributed by atoms with Crippen molar-refractivity contribution in [2.24, 2.45) is 0 Å². The van der Waals surface area contributed by atoms with Crippen LogP contribution in [0.2, 0.25) is 5.02 Å². The van der Waals surface area contributed by atoms with E-state index in [1.54, 1.807) is 54.6 Å². The van der Waals surface area contributed by atoms with Gasteiger partial charge >= 0.3 is 5.91 Å². The molecule has 4 aromatic rings. The summed E-state index contributed by atoms with van der Waals surface area (Å²) in [6, 6.07) is 18.4. The molecule has 0 unspecified atom stereocenters. The van der Waals surface area contributed by atoms with Gasteiger partial charge in [-0.05, 0) is 35.9 Å². The first-order valence-electron chi connectivity index (χ1n) is 9.62. The summed E-state index contributed by atoms with van der Waals surface area (Å²) in [5, 5.41) is 11.7. The number of Topliss-reactive ketones (excluding diaryl/α,β-unsaturated/α-hetero) is 1. The number of halogens is 2. The molecule has 158 valence electrons. The third-order valence-corrected chi connectivity index (χ3v) is 6.49. The van der Waals surface area contributed by atoms with Gasteiger partial charge in [-0.1, -0.05) is 65.4 Å². The zero-order chi connectivity index (χ0) is 22.4. The van der Waals surface area contributed by atoms with Crippen molar-refractivity contribution in [3.8, 4) is 0 Å². The first-order chi connectivity index (χ1) is 15.4. The molecule has 1 fully saturated rings. The topological polar surface area (TPSA) is 70.5 Å². The standard InChI is InChI=1S/C24H14ClFN2O3S/c25-15-8-6-13(7-9-15)20-19(21(29)14-4-2-1-3-5-14)22(30)23(31)28(20)24-27-17-11-10-16(26)12-18(17)32-24/h1-12,20,29H/b21-19+/t20-/m0/s1. The summed E-state index contributed by atoms with van der Waals surface area (Å²) in [4.78, 5) is 32.0. The summed E-state index contributed by atoms with van der Waals surface area (Å²) in [6.45, 7) is 0. The van der Waals surface area contributed by atoms with E-state index in [2.05, 4.69) is 4.98 Å². The van der Waals surface area contributed by atoms with Crippen molar-refractivity contribution in [2.45, 2.75) is 6.04 Å². The van der Waals surface area contributed by atoms with E-state index in [-0.39, 0.29) is 16.5 Å². The fourth-order valence-corrected chi connectivity index (χ4v) is 4.87. The first-order valence-corrected chi connectivity index (χ1v) is 10.8. The molecule has 5 nitrogen and oxygen atoms in total. The number of aliphatic hydroxyl groups excluding tert-OH is 1. The van der Waals surface area contributed by atoms with Crippen molar-refractivity contribution in [3.63, 3.8) is 0 Å². The maximum Gasteiger partial charge on any atom is 0.301 e. The third-order valence-electron chi connectivity index (χ3n) is 5.22. The summed E-state index contributed by atoms with van der Waals surface area (Å²) in [6.07, 6.45) is 0. The monoisotopic (exact) mass is 464 g/mol. The molecule has 32 heavy (non-hydrogen) atoms. The van der Waals surface area contributed by atoms with Gasteiger partial charge < -0.3 is 5.11 Å². The van der Waals surface area contributed by atoms with Gasteiger partial charge in [0.05, 0.1) is 21.8 Å². The highest BCUT2D eigenvalue weighted by Gasteiger charge is 2.48. The highest BCUT2D eigenvalue weighted by Crippen LogP contribution is 2.44. The number of carbonyl (C=O) groups excluding carboxylic acids is 2. The fraction of sp³-hybridized carbons (Fsp3) is 0.0417. The number of benzene rings is 3. The number of nitrogens with zero attached hydrogens (tertiary/aromatic N) is 2. The number of aromatic nitrogens is 1. The molecule has 1 aliphatic rings. The van der Waals surface area contributed by atoms with Gasteiger partial charge in [-0.3, -0.25) is 14.5 Å². The maximum atomic E-state index is 13.7. The lowest BCUT2D eigenvalue weighted by Crippen LogP contribution is -2.29. The van der Waals surface area contributed by atoms with Crippen molar-refractivity contribution in [3.05, 3.63) is 100 Å². The van der Waals surface area contributed by atoms with Crippen molar-refractivity contribution in [1.29, 1.82) is 0 Å². The second-order valence-corrected chi connectivity index (χ2v) is 8.64. The number of rotatable bonds is 3. The molecule has 8 heteroatoms. The van der Waals surface area contributed by atoms with Gasteiger partial charge in [0.25, 0.3) is 5.78 Å². The van der Waals surface area contributed by atoms with Crippen LogP contribution in [0.15, 0.2) is 78.4 Å². The molecular weight excluding hydrogens is 451 g/mol. The fourth-order valence-electron chi connectivity index (χ4n) is 3.73. The van der Waals surface area contributed by atoms with E-state index in [0.29, 0.717) is 26.4 Å². The Morgan fingerprint density at radius 2 is 1.75 bits per heavy atom. The number of ketones is 1. The van der Waals surface area contributed by atoms with Crippen molar-refractivity contribution in [2.75, 3.05) is 4.90 Å². The molecular formula is C24H14ClFN2O3S. The molecule has 1 amide bonds. The maximum absolute atomic E-state index is 13.7. The average molecular weight is 465 g/mol. The number of hydrogen-bond acceptors (Lipinski definition) is 5. The van der Waals surface area contributed by atoms with E-state index in [9.17, 15) is 19.1 Å². The molecule has 0 radical (unpaired) electrons. The number of amides is 1. The van der Waals surface area contributed by atoms with Crippen LogP contribution in [0.3, 0.4) is 0 Å². The van der Waals surface area contributed by atoms with Crippen LogP contribution in [0.4, 0.5) is 9.52 Å². The summed E-state index contributed by atoms with van der Waals surface area (Å²) >= 11 is 7.13. The minimum atomic E-state index is -0.919. The summed E-state index contributed by atoms with van der Waals surface area (Å²) in [7, 11) is 0. The highest BCUT2D eigenvalue weighted by atomic mass is 35.5. The molecule has 0 spiro atoms. The van der Waals surface area contributed by atoms with Crippen molar-refractivity contribution >= 4 is 55.7 Å². The Morgan fingerprint density at radius 1 is 1.03 bits per heavy atom. The minimum Gasteiger partial charge on any atom is -0.507 e. The molecule has 1 N–H and O–H groups in total. The lowest BCUT2D eigenvalue weighted by molar-refractivity contribution is -0.132. The molecule has 1 atom stereocenters. The number of carbonyl (C=O) groups is 2. The first kappa shape index (κ1) is 20.4. The predicted octanol–water partition coefficient (Wildman–Crippen LogP) is 5.72. The molecule has 0 saturated carbocycles. The molecule has 1 aromatic heterocycles. The summed E-state index contributed by atoms with van der Waals surface area (Å²) < 4.78 is 14.2. The van der Waals surface area contributed by atoms with E-state index in [1.165, 1.54) is 23.1 Å². The molecule has 0 bridgehead atoms. The van der Waals surface area contributed by atoms with Crippen LogP contribution in [-0.4, -0.2) is 21.8 Å². The zero-order valence-electron chi connectivity index (χ0n) is 16.3. The predicted molar refractivity (Wildman–Crippen MR) is 122 cm³/mol. The van der Waals surface area contributed by atoms with Crippen molar-refractivity contribution < 1.29 is 19.1 Å². The normalized spacial score (nSPS) is 17.9. The van der Waals surface area contributed by atoms with Gasteiger partial charge in [-0.15, -0.1) is 0 Å². The van der Waals surface area contributed by atoms with Gasteiger partial charge in [0, 0.05) is 10.6 Å². The number of anilines is 1. The molecule has 0 aliphatic carbocycles. The SMILES string of the molecule is O=C1C(=O)N(c2nc3ccc(F)cc3s2)[C@@H](c2ccc(Cl)cc2)/C1=C(\O)c1ccccc1. The Kier molecular flexibility index (Phi) is 5.00. The van der Waals surface area contributed by atoms with Gasteiger partial charge in [0.2, 0.25) is 0 Å². The summed E-state index contributed by atoms with van der Waals surface area (Å²) in [5.41, 5.74) is 1.45. The second kappa shape index (κ2) is 7.85. The Balaban J connectivity index is 1.73. The summed E-state index contributed by atoms with van der Waals surface area (Å²) in [5.74, 6) is -2.34. The largest absolute Gasteiger partial charge is 0.507 e. The molecule has 5 rings (SSSR count). The van der Waals surface area contributed by atoms with Gasteiger partial charge in [0.15, 0.2) is 5.13 Å². The van der Waals surface area contributed by atoms with E-state index in [4.69, 9.17) is 11.6 Å². The van der Waals surface area contributed by atoms with Gasteiger partial charge in [-0.2, -0.15) is 0 Å². The average Bonchev–Trinajstić information content (AvgIpc) is 3.32. The Morgan fingerprint density at radius 3 is 2.47 bits per heavy atom. The van der Waals surface area contributed by atoms with Crippen LogP contribution in [0, 0.1) is 5.82 Å². The zero-order valence-corrected chi connectivity index (χ0v) is 17.9. The number of aliphatic hydroxyl groups is 1. The van der Waals surface area contributed by atoms with Crippen LogP contribution >= 0.6 is 22.9 Å². The Labute approximate surface area is 191 Å². The second-order valence-electron chi connectivity index (χ2n) is 7.20. The van der Waals surface area contributed by atoms with E-state index < -0.39 is 23.5 Å². The van der Waals surface area contributed by atoms with Crippen LogP contribution in [-0.2, 0) is 9.59 Å². The van der Waals surface area contributed by atoms with E-state index in [1.807, 2.05) is 0 Å². The molecule has 1 aliphatic heterocycles. The van der Waals surface area contributed by atoms with Crippen LogP contribution in [0.5, 0.6) is 0 Å². The molecule has 3 aromatic carbocycles. The highest BCUT2D eigenvalue weighted by molar-refractivity contribution is 7.22. The Hall–Kier alpha value is -3.55. The smallest absolute Gasteiger partial charge is 0.301 e. The molecule has 1 saturated heterocycles. The van der Waals surface area contributed by atoms with E-state index >= 15 is 0 Å². The van der Waals surface area contributed by atoms with E-state index in [0.717, 1.165) is 11.3 Å². The number of hydrogen-bond donors (Lipinski definition) is 1. The molecule has 2 heterocycles. The van der Waals surface area contributed by atoms with Gasteiger partial charge in [-0.25, -0.2) is 9.37 Å². The van der Waals surface area contributed by atoms with Crippen LogP contribution in [0.25, 0.3) is 16.0 Å². The quantitative estimate of drug-likeness (QED) is 0.239. The van der Waals surface area contributed by atoms with Crippen LogP contribution < -0.4 is 4.90 Å². The lowest BCUT2D eigenvalue weighted by Gasteiger charge is -2.23. The van der Waals surface area contributed by atoms with Gasteiger partial charge in [0.1, 0.15) is 11.6 Å².